The second-order valence-corrected chi connectivity index (χ2v) is 7.34. The number of ketones is 1. The van der Waals surface area contributed by atoms with Crippen LogP contribution in [0.3, 0.4) is 0 Å². The van der Waals surface area contributed by atoms with Gasteiger partial charge in [0.2, 0.25) is 0 Å². The molecule has 0 radical (unpaired) electrons. The van der Waals surface area contributed by atoms with Gasteiger partial charge in [0.1, 0.15) is 11.6 Å². The van der Waals surface area contributed by atoms with Crippen LogP contribution in [0.4, 0.5) is 0 Å². The topological polar surface area (TPSA) is 108 Å². The summed E-state index contributed by atoms with van der Waals surface area (Å²) in [6, 6.07) is 0.424. The van der Waals surface area contributed by atoms with Crippen molar-refractivity contribution in [3.05, 3.63) is 33.2 Å². The van der Waals surface area contributed by atoms with Crippen LogP contribution in [0, 0.1) is 5.41 Å². The minimum Gasteiger partial charge on any atom is -0.480 e. The molecule has 2 N–H and O–H groups in total. The van der Waals surface area contributed by atoms with Crippen LogP contribution in [0.1, 0.15) is 59.5 Å². The predicted molar refractivity (Wildman–Crippen MR) is 85.2 cm³/mol. The van der Waals surface area contributed by atoms with Gasteiger partial charge in [-0.3, -0.25) is 14.4 Å². The predicted octanol–water partition coefficient (Wildman–Crippen LogP) is 1.22. The normalized spacial score (nSPS) is 22.3. The Bertz CT molecular complexity index is 793. The van der Waals surface area contributed by atoms with Crippen molar-refractivity contribution in [1.82, 2.24) is 9.88 Å². The zero-order valence-corrected chi connectivity index (χ0v) is 13.7. The Kier molecular flexibility index (Phi) is 3.81. The van der Waals surface area contributed by atoms with E-state index >= 15 is 0 Å². The lowest BCUT2D eigenvalue weighted by Crippen LogP contribution is -2.43. The fourth-order valence-corrected chi connectivity index (χ4v) is 3.61. The molecule has 1 atom stereocenters. The average molecular weight is 332 g/mol. The minimum absolute atomic E-state index is 0.109. The van der Waals surface area contributed by atoms with Crippen LogP contribution in [0.2, 0.25) is 0 Å². The number of nitrogens with zero attached hydrogens (tertiary/aromatic N) is 1. The zero-order chi connectivity index (χ0) is 17.6. The smallest absolute Gasteiger partial charge is 0.326 e. The largest absolute Gasteiger partial charge is 0.480 e. The molecule has 2 heterocycles. The van der Waals surface area contributed by atoms with Crippen molar-refractivity contribution in [3.8, 4) is 0 Å². The molecule has 2 aliphatic rings. The zero-order valence-electron chi connectivity index (χ0n) is 13.7. The number of carbonyl (C=O) groups is 3. The molecule has 128 valence electrons. The first-order chi connectivity index (χ1) is 11.2. The lowest BCUT2D eigenvalue weighted by molar-refractivity contribution is -0.141. The van der Waals surface area contributed by atoms with Gasteiger partial charge in [0, 0.05) is 24.2 Å². The van der Waals surface area contributed by atoms with Gasteiger partial charge in [0.25, 0.3) is 11.5 Å². The van der Waals surface area contributed by atoms with Gasteiger partial charge in [-0.2, -0.15) is 0 Å². The highest BCUT2D eigenvalue weighted by atomic mass is 16.4. The maximum Gasteiger partial charge on any atom is 0.326 e. The van der Waals surface area contributed by atoms with E-state index in [9.17, 15) is 24.3 Å². The second-order valence-electron chi connectivity index (χ2n) is 7.34. The second kappa shape index (κ2) is 5.58. The number of carbonyl (C=O) groups excluding carboxylic acids is 2. The number of aliphatic carboxylic acids is 1. The van der Waals surface area contributed by atoms with Crippen molar-refractivity contribution in [2.75, 3.05) is 6.54 Å². The summed E-state index contributed by atoms with van der Waals surface area (Å²) in [5.74, 6) is -1.81. The van der Waals surface area contributed by atoms with Crippen molar-refractivity contribution in [2.45, 2.75) is 45.6 Å². The van der Waals surface area contributed by atoms with Crippen LogP contribution < -0.4 is 5.56 Å². The Morgan fingerprint density at radius 2 is 2.00 bits per heavy atom. The van der Waals surface area contributed by atoms with Gasteiger partial charge in [-0.05, 0) is 30.7 Å². The molecule has 1 aliphatic heterocycles. The molecule has 1 aliphatic carbocycles. The lowest BCUT2D eigenvalue weighted by atomic mass is 9.75. The summed E-state index contributed by atoms with van der Waals surface area (Å²) in [6.07, 6.45) is 1.86. The minimum atomic E-state index is -1.08. The molecule has 0 saturated carbocycles. The van der Waals surface area contributed by atoms with Crippen molar-refractivity contribution in [2.24, 2.45) is 5.41 Å². The molecule has 24 heavy (non-hydrogen) atoms. The molecule has 3 rings (SSSR count). The summed E-state index contributed by atoms with van der Waals surface area (Å²) in [4.78, 5) is 52.4. The van der Waals surface area contributed by atoms with E-state index in [1.807, 2.05) is 13.8 Å². The Hall–Kier alpha value is -2.44. The van der Waals surface area contributed by atoms with Crippen LogP contribution in [0.25, 0.3) is 0 Å². The number of carboxylic acid groups (broad SMARTS) is 1. The maximum absolute atomic E-state index is 12.6. The molecule has 1 amide bonds. The molecule has 7 heteroatoms. The van der Waals surface area contributed by atoms with E-state index < -0.39 is 23.5 Å². The van der Waals surface area contributed by atoms with Crippen LogP contribution in [-0.2, 0) is 11.2 Å². The third-order valence-electron chi connectivity index (χ3n) is 4.75. The summed E-state index contributed by atoms with van der Waals surface area (Å²) in [7, 11) is 0. The van der Waals surface area contributed by atoms with E-state index in [0.717, 1.165) is 0 Å². The van der Waals surface area contributed by atoms with E-state index in [0.29, 0.717) is 43.5 Å². The highest BCUT2D eigenvalue weighted by Gasteiger charge is 2.37. The standard InChI is InChI=1S/C17H20N2O5/c1-17(2)7-11-9(13(20)8-17)6-10(14(21)18-11)15(22)19-5-3-4-12(19)16(23)24/h6,12H,3-5,7-8H2,1-2H3,(H,18,21)(H,23,24). The SMILES string of the molecule is CC1(C)CC(=O)c2cc(C(=O)N3CCCC3C(=O)O)c(=O)[nH]c2C1. The quantitative estimate of drug-likeness (QED) is 0.846. The Balaban J connectivity index is 2.00. The number of H-pyrrole nitrogens is 1. The Labute approximate surface area is 138 Å². The van der Waals surface area contributed by atoms with Gasteiger partial charge in [-0.1, -0.05) is 13.8 Å². The van der Waals surface area contributed by atoms with Gasteiger partial charge in [-0.25, -0.2) is 4.79 Å². The fraction of sp³-hybridized carbons (Fsp3) is 0.529. The van der Waals surface area contributed by atoms with Crippen LogP contribution in [-0.4, -0.2) is 45.2 Å². The van der Waals surface area contributed by atoms with Crippen molar-refractivity contribution < 1.29 is 19.5 Å². The Morgan fingerprint density at radius 3 is 2.67 bits per heavy atom. The molecule has 0 aromatic carbocycles. The number of pyridine rings is 1. The number of fused-ring (bicyclic) bond motifs is 1. The number of aromatic nitrogens is 1. The summed E-state index contributed by atoms with van der Waals surface area (Å²) < 4.78 is 0. The molecule has 1 saturated heterocycles. The monoisotopic (exact) mass is 332 g/mol. The number of hydrogen-bond donors (Lipinski definition) is 2. The number of likely N-dealkylation sites (tertiary alicyclic amines) is 1. The van der Waals surface area contributed by atoms with E-state index in [4.69, 9.17) is 0 Å². The molecular formula is C17H20N2O5. The van der Waals surface area contributed by atoms with E-state index in [1.165, 1.54) is 11.0 Å². The average Bonchev–Trinajstić information content (AvgIpc) is 2.94. The molecule has 1 fully saturated rings. The molecule has 1 aromatic rings. The van der Waals surface area contributed by atoms with Gasteiger partial charge in [0.15, 0.2) is 5.78 Å². The molecule has 0 bridgehead atoms. The lowest BCUT2D eigenvalue weighted by Gasteiger charge is -2.30. The van der Waals surface area contributed by atoms with Crippen molar-refractivity contribution in [1.29, 1.82) is 0 Å². The number of nitrogens with one attached hydrogen (secondary N) is 1. The van der Waals surface area contributed by atoms with Crippen LogP contribution in [0.15, 0.2) is 10.9 Å². The third kappa shape index (κ3) is 2.74. The van der Waals surface area contributed by atoms with Gasteiger partial charge in [-0.15, -0.1) is 0 Å². The number of amides is 1. The van der Waals surface area contributed by atoms with Gasteiger partial charge in [0.05, 0.1) is 0 Å². The van der Waals surface area contributed by atoms with Gasteiger partial charge < -0.3 is 15.0 Å². The molecule has 1 aromatic heterocycles. The third-order valence-corrected chi connectivity index (χ3v) is 4.75. The summed E-state index contributed by atoms with van der Waals surface area (Å²) >= 11 is 0. The summed E-state index contributed by atoms with van der Waals surface area (Å²) in [5.41, 5.74) is -0.0466. The van der Waals surface area contributed by atoms with E-state index in [-0.39, 0.29) is 16.8 Å². The number of hydrogen-bond acceptors (Lipinski definition) is 4. The number of rotatable bonds is 2. The van der Waals surface area contributed by atoms with Crippen molar-refractivity contribution in [3.63, 3.8) is 0 Å². The summed E-state index contributed by atoms with van der Waals surface area (Å²) in [5, 5.41) is 9.21. The van der Waals surface area contributed by atoms with Crippen LogP contribution in [0.5, 0.6) is 0 Å². The summed E-state index contributed by atoms with van der Waals surface area (Å²) in [6.45, 7) is 4.20. The van der Waals surface area contributed by atoms with Crippen molar-refractivity contribution >= 4 is 17.7 Å². The highest BCUT2D eigenvalue weighted by molar-refractivity contribution is 6.02. The van der Waals surface area contributed by atoms with Crippen LogP contribution >= 0.6 is 0 Å². The first-order valence-corrected chi connectivity index (χ1v) is 8.03. The number of aromatic amines is 1. The first kappa shape index (κ1) is 16.4. The molecule has 7 nitrogen and oxygen atoms in total. The number of carboxylic acids is 1. The number of Topliss-reactive ketones (excluding diaryl/α,β-unsaturated/α-hetero) is 1. The maximum atomic E-state index is 12.6. The Morgan fingerprint density at radius 1 is 1.29 bits per heavy atom. The van der Waals surface area contributed by atoms with Gasteiger partial charge >= 0.3 is 5.97 Å². The first-order valence-electron chi connectivity index (χ1n) is 8.03. The highest BCUT2D eigenvalue weighted by Crippen LogP contribution is 2.33. The fourth-order valence-electron chi connectivity index (χ4n) is 3.61. The van der Waals surface area contributed by atoms with E-state index in [2.05, 4.69) is 4.98 Å². The molecule has 1 unspecified atom stereocenters. The molecule has 0 spiro atoms. The molecular weight excluding hydrogens is 312 g/mol. The van der Waals surface area contributed by atoms with E-state index in [1.54, 1.807) is 0 Å².